The maximum atomic E-state index is 14.0. The minimum absolute atomic E-state index is 0.197. The molecule has 0 amide bonds. The highest BCUT2D eigenvalue weighted by Crippen LogP contribution is 2.24. The van der Waals surface area contributed by atoms with Crippen LogP contribution >= 0.6 is 0 Å². The molecule has 1 radical (unpaired) electrons. The summed E-state index contributed by atoms with van der Waals surface area (Å²) in [6, 6.07) is 0.594. The van der Waals surface area contributed by atoms with Crippen LogP contribution in [0.15, 0.2) is 6.07 Å². The first-order valence-corrected chi connectivity index (χ1v) is 6.09. The van der Waals surface area contributed by atoms with Crippen LogP contribution in [0.5, 0.6) is 5.75 Å². The highest BCUT2D eigenvalue weighted by atomic mass is 19.2. The molecule has 2 aromatic carbocycles. The summed E-state index contributed by atoms with van der Waals surface area (Å²) in [7, 11) is 0.984. The molecule has 23 heavy (non-hydrogen) atoms. The molecule has 1 nitrogen and oxygen atoms in total. The summed E-state index contributed by atoms with van der Waals surface area (Å²) in [6.45, 7) is 1.08. The molecule has 2 aromatic rings. The predicted molar refractivity (Wildman–Crippen MR) is 68.9 cm³/mol. The van der Waals surface area contributed by atoms with Gasteiger partial charge in [0, 0.05) is 0 Å². The van der Waals surface area contributed by atoms with E-state index in [0.717, 1.165) is 14.0 Å². The van der Waals surface area contributed by atoms with Crippen LogP contribution in [0, 0.1) is 47.6 Å². The zero-order chi connectivity index (χ0) is 17.5. The van der Waals surface area contributed by atoms with Crippen molar-refractivity contribution in [3.8, 4) is 5.75 Å². The molecule has 0 saturated carbocycles. The monoisotopic (exact) mass is 335 g/mol. The number of halogens is 7. The third-order valence-corrected chi connectivity index (χ3v) is 3.13. The third-order valence-electron chi connectivity index (χ3n) is 3.13. The van der Waals surface area contributed by atoms with Crippen molar-refractivity contribution in [2.75, 3.05) is 7.11 Å². The zero-order valence-electron chi connectivity index (χ0n) is 11.7. The Hall–Kier alpha value is -2.19. The van der Waals surface area contributed by atoms with Gasteiger partial charge in [0.2, 0.25) is 13.1 Å². The number of aryl methyl sites for hydroxylation is 1. The molecule has 0 bridgehead atoms. The quantitative estimate of drug-likeness (QED) is 0.363. The fourth-order valence-electron chi connectivity index (χ4n) is 1.94. The first kappa shape index (κ1) is 17.2. The van der Waals surface area contributed by atoms with Gasteiger partial charge in [-0.1, -0.05) is 0 Å². The van der Waals surface area contributed by atoms with Gasteiger partial charge in [-0.3, -0.25) is 0 Å². The van der Waals surface area contributed by atoms with Crippen LogP contribution in [-0.2, 0) is 0 Å². The van der Waals surface area contributed by atoms with Gasteiger partial charge >= 0.3 is 0 Å². The van der Waals surface area contributed by atoms with Gasteiger partial charge in [-0.2, -0.15) is 4.39 Å². The number of hydrogen-bond donors (Lipinski definition) is 0. The number of hydrogen-bond acceptors (Lipinski definition) is 1. The van der Waals surface area contributed by atoms with Crippen molar-refractivity contribution in [3.05, 3.63) is 52.4 Å². The van der Waals surface area contributed by atoms with E-state index in [1.54, 1.807) is 0 Å². The fourth-order valence-corrected chi connectivity index (χ4v) is 1.94. The lowest BCUT2D eigenvalue weighted by molar-refractivity contribution is 0.338. The highest BCUT2D eigenvalue weighted by molar-refractivity contribution is 6.67. The summed E-state index contributed by atoms with van der Waals surface area (Å²) in [4.78, 5) is 0. The first-order chi connectivity index (χ1) is 10.7. The molecule has 0 fully saturated rings. The van der Waals surface area contributed by atoms with E-state index in [2.05, 4.69) is 4.74 Å². The van der Waals surface area contributed by atoms with Gasteiger partial charge in [-0.15, -0.1) is 0 Å². The Balaban J connectivity index is 2.67. The van der Waals surface area contributed by atoms with E-state index in [4.69, 9.17) is 0 Å². The standard InChI is InChI=1S/C14H7BF7O/c1-4-3-5(16)6(9(18)8(4)17)15-7-10(19)12(21)13(22)14(23-2)11(7)20/h3H,1-2H3. The molecule has 0 aromatic heterocycles. The first-order valence-electron chi connectivity index (χ1n) is 6.09. The fraction of sp³-hybridized carbons (Fsp3) is 0.143. The molecule has 2 rings (SSSR count). The summed E-state index contributed by atoms with van der Waals surface area (Å²) in [5.41, 5.74) is -2.82. The molecule has 0 saturated heterocycles. The molecule has 121 valence electrons. The van der Waals surface area contributed by atoms with Crippen LogP contribution in [0.4, 0.5) is 30.7 Å². The van der Waals surface area contributed by atoms with E-state index in [1.807, 2.05) is 0 Å². The van der Waals surface area contributed by atoms with Crippen LogP contribution < -0.4 is 15.7 Å². The molecule has 0 heterocycles. The van der Waals surface area contributed by atoms with Gasteiger partial charge in [0.1, 0.15) is 5.82 Å². The summed E-state index contributed by atoms with van der Waals surface area (Å²) >= 11 is 0. The van der Waals surface area contributed by atoms with Crippen molar-refractivity contribution in [1.29, 1.82) is 0 Å². The van der Waals surface area contributed by atoms with Crippen molar-refractivity contribution in [3.63, 3.8) is 0 Å². The van der Waals surface area contributed by atoms with Crippen LogP contribution in [0.3, 0.4) is 0 Å². The van der Waals surface area contributed by atoms with Gasteiger partial charge < -0.3 is 4.74 Å². The van der Waals surface area contributed by atoms with Crippen molar-refractivity contribution in [1.82, 2.24) is 0 Å². The molecular formula is C14H7BF7O. The predicted octanol–water partition coefficient (Wildman–Crippen LogP) is 2.63. The van der Waals surface area contributed by atoms with Gasteiger partial charge in [0.25, 0.3) is 0 Å². The third kappa shape index (κ3) is 2.75. The van der Waals surface area contributed by atoms with E-state index < -0.39 is 57.4 Å². The number of benzene rings is 2. The number of methoxy groups -OCH3 is 1. The summed E-state index contributed by atoms with van der Waals surface area (Å²) in [5.74, 6) is -13.5. The molecule has 0 unspecified atom stereocenters. The van der Waals surface area contributed by atoms with Gasteiger partial charge in [-0.25, -0.2) is 26.3 Å². The summed E-state index contributed by atoms with van der Waals surface area (Å²) in [6.07, 6.45) is 0. The van der Waals surface area contributed by atoms with E-state index >= 15 is 0 Å². The second-order valence-corrected chi connectivity index (χ2v) is 4.56. The second kappa shape index (κ2) is 6.13. The molecular weight excluding hydrogens is 328 g/mol. The molecule has 0 aliphatic carbocycles. The average Bonchev–Trinajstić information content (AvgIpc) is 2.50. The summed E-state index contributed by atoms with van der Waals surface area (Å²) in [5, 5.41) is 0. The lowest BCUT2D eigenvalue weighted by Crippen LogP contribution is -2.38. The normalized spacial score (nSPS) is 10.8. The van der Waals surface area contributed by atoms with Crippen LogP contribution in [0.25, 0.3) is 0 Å². The van der Waals surface area contributed by atoms with Crippen molar-refractivity contribution in [2.24, 2.45) is 0 Å². The Morgan fingerprint density at radius 2 is 1.30 bits per heavy atom. The summed E-state index contributed by atoms with van der Waals surface area (Å²) < 4.78 is 99.5. The Kier molecular flexibility index (Phi) is 4.58. The van der Waals surface area contributed by atoms with Crippen molar-refractivity contribution in [2.45, 2.75) is 6.92 Å². The molecule has 0 aliphatic heterocycles. The smallest absolute Gasteiger partial charge is 0.207 e. The van der Waals surface area contributed by atoms with E-state index in [0.29, 0.717) is 6.07 Å². The van der Waals surface area contributed by atoms with Crippen molar-refractivity contribution < 1.29 is 35.5 Å². The van der Waals surface area contributed by atoms with E-state index in [1.165, 1.54) is 0 Å². The molecule has 0 N–H and O–H groups in total. The number of ether oxygens (including phenoxy) is 1. The Morgan fingerprint density at radius 3 is 1.87 bits per heavy atom. The molecule has 0 aliphatic rings. The average molecular weight is 335 g/mol. The zero-order valence-corrected chi connectivity index (χ0v) is 11.7. The number of rotatable bonds is 3. The lowest BCUT2D eigenvalue weighted by Gasteiger charge is -2.12. The lowest BCUT2D eigenvalue weighted by atomic mass is 9.62. The van der Waals surface area contributed by atoms with Crippen LogP contribution in [-0.4, -0.2) is 14.4 Å². The van der Waals surface area contributed by atoms with Gasteiger partial charge in [0.05, 0.1) is 7.11 Å². The van der Waals surface area contributed by atoms with E-state index in [9.17, 15) is 30.7 Å². The largest absolute Gasteiger partial charge is 0.491 e. The maximum Gasteiger partial charge on any atom is 0.207 e. The van der Waals surface area contributed by atoms with Crippen molar-refractivity contribution >= 4 is 18.2 Å². The van der Waals surface area contributed by atoms with Gasteiger partial charge in [0.15, 0.2) is 34.8 Å². The van der Waals surface area contributed by atoms with Crippen LogP contribution in [0.2, 0.25) is 0 Å². The Bertz CT molecular complexity index is 792. The minimum Gasteiger partial charge on any atom is -0.491 e. The Morgan fingerprint density at radius 1 is 0.739 bits per heavy atom. The van der Waals surface area contributed by atoms with Crippen LogP contribution in [0.1, 0.15) is 5.56 Å². The molecule has 0 spiro atoms. The SMILES string of the molecule is COc1c(F)c(F)c(F)c([B]c2c(F)cc(C)c(F)c2F)c1F. The highest BCUT2D eigenvalue weighted by Gasteiger charge is 2.29. The minimum atomic E-state index is -2.09. The van der Waals surface area contributed by atoms with Gasteiger partial charge in [-0.05, 0) is 29.5 Å². The van der Waals surface area contributed by atoms with E-state index in [-0.39, 0.29) is 12.8 Å². The second-order valence-electron chi connectivity index (χ2n) is 4.56. The Labute approximate surface area is 126 Å². The maximum absolute atomic E-state index is 14.0. The molecule has 0 atom stereocenters. The topological polar surface area (TPSA) is 9.23 Å². The molecule has 9 heteroatoms.